The highest BCUT2D eigenvalue weighted by Crippen LogP contribution is 2.65. The maximum absolute atomic E-state index is 13.1. The zero-order chi connectivity index (χ0) is 24.3. The number of allylic oxidation sites excluding steroid dienone is 2. The first kappa shape index (κ1) is 22.1. The van der Waals surface area contributed by atoms with Gasteiger partial charge >= 0.3 is 0 Å². The molecular formula is C29H31N3O3. The van der Waals surface area contributed by atoms with Gasteiger partial charge in [-0.25, -0.2) is 0 Å². The molecule has 180 valence electrons. The van der Waals surface area contributed by atoms with Gasteiger partial charge < -0.3 is 4.90 Å². The van der Waals surface area contributed by atoms with Gasteiger partial charge in [0.2, 0.25) is 0 Å². The van der Waals surface area contributed by atoms with Crippen LogP contribution >= 0.6 is 0 Å². The number of carbonyl (C=O) groups is 3. The van der Waals surface area contributed by atoms with E-state index in [2.05, 4.69) is 48.5 Å². The summed E-state index contributed by atoms with van der Waals surface area (Å²) in [7, 11) is 0. The summed E-state index contributed by atoms with van der Waals surface area (Å²) in [5.74, 6) is 0.332. The SMILES string of the molecule is CC(C)CN(Cc1ccc(C(=O)NN2C(=O)[C@@H]3[C@H](C2=O)[C@@H]2C=C[C@H]3C3CC32)cc1)c1ccccc1. The van der Waals surface area contributed by atoms with Crippen LogP contribution in [-0.4, -0.2) is 29.3 Å². The van der Waals surface area contributed by atoms with Crippen LogP contribution in [0.4, 0.5) is 5.69 Å². The minimum atomic E-state index is -0.426. The van der Waals surface area contributed by atoms with E-state index in [1.807, 2.05) is 30.3 Å². The van der Waals surface area contributed by atoms with Crippen molar-refractivity contribution < 1.29 is 14.4 Å². The number of hydrazine groups is 1. The molecule has 6 nitrogen and oxygen atoms in total. The van der Waals surface area contributed by atoms with Gasteiger partial charge in [0.25, 0.3) is 17.7 Å². The number of imide groups is 1. The molecular weight excluding hydrogens is 438 g/mol. The van der Waals surface area contributed by atoms with Gasteiger partial charge in [-0.15, -0.1) is 0 Å². The summed E-state index contributed by atoms with van der Waals surface area (Å²) < 4.78 is 0. The lowest BCUT2D eigenvalue weighted by molar-refractivity contribution is -0.143. The molecule has 3 amide bonds. The summed E-state index contributed by atoms with van der Waals surface area (Å²) in [6.45, 7) is 6.05. The van der Waals surface area contributed by atoms with E-state index < -0.39 is 5.91 Å². The summed E-state index contributed by atoms with van der Waals surface area (Å²) in [6, 6.07) is 17.7. The number of hydrogen-bond acceptors (Lipinski definition) is 4. The Morgan fingerprint density at radius 3 is 2.11 bits per heavy atom. The molecule has 4 aliphatic carbocycles. The third-order valence-corrected chi connectivity index (χ3v) is 8.17. The van der Waals surface area contributed by atoms with Crippen LogP contribution < -0.4 is 10.3 Å². The molecule has 1 aliphatic heterocycles. The number of amides is 3. The van der Waals surface area contributed by atoms with Crippen LogP contribution in [0.15, 0.2) is 66.7 Å². The zero-order valence-electron chi connectivity index (χ0n) is 20.1. The van der Waals surface area contributed by atoms with Gasteiger partial charge in [-0.3, -0.25) is 19.8 Å². The summed E-state index contributed by atoms with van der Waals surface area (Å²) in [6.07, 6.45) is 5.38. The Hall–Kier alpha value is -3.41. The number of anilines is 1. The fourth-order valence-electron chi connectivity index (χ4n) is 6.56. The highest BCUT2D eigenvalue weighted by atomic mass is 16.2. The third kappa shape index (κ3) is 3.76. The van der Waals surface area contributed by atoms with E-state index in [9.17, 15) is 14.4 Å². The van der Waals surface area contributed by atoms with Crippen molar-refractivity contribution in [2.24, 2.45) is 41.4 Å². The van der Waals surface area contributed by atoms with E-state index in [0.29, 0.717) is 23.3 Å². The van der Waals surface area contributed by atoms with Crippen molar-refractivity contribution in [2.45, 2.75) is 26.8 Å². The second-order valence-corrected chi connectivity index (χ2v) is 10.9. The predicted molar refractivity (Wildman–Crippen MR) is 133 cm³/mol. The first-order chi connectivity index (χ1) is 16.9. The number of para-hydroxylation sites is 1. The average Bonchev–Trinajstić information content (AvgIpc) is 3.65. The standard InChI is InChI=1S/C29H31N3O3/c1-17(2)15-31(20-6-4-3-5-7-20)16-18-8-10-19(11-9-18)27(33)30-32-28(34)25-21-12-13-22(24-14-23(21)24)26(25)29(32)35/h3-13,17,21-26H,14-16H2,1-2H3,(H,30,33)/t21-,22+,23?,24?,25-,26+. The Morgan fingerprint density at radius 2 is 1.54 bits per heavy atom. The third-order valence-electron chi connectivity index (χ3n) is 8.17. The van der Waals surface area contributed by atoms with E-state index in [-0.39, 0.29) is 35.5 Å². The topological polar surface area (TPSA) is 69.7 Å². The molecule has 0 spiro atoms. The Labute approximate surface area is 206 Å². The molecule has 0 radical (unpaired) electrons. The van der Waals surface area contributed by atoms with Crippen molar-refractivity contribution in [1.82, 2.24) is 10.4 Å². The van der Waals surface area contributed by atoms with Crippen LogP contribution in [0.25, 0.3) is 0 Å². The summed E-state index contributed by atoms with van der Waals surface area (Å²) in [5.41, 5.74) is 5.31. The molecule has 2 aromatic rings. The highest BCUT2D eigenvalue weighted by molar-refractivity contribution is 6.08. The molecule has 3 fully saturated rings. The fraction of sp³-hybridized carbons (Fsp3) is 0.414. The first-order valence-electron chi connectivity index (χ1n) is 12.7. The highest BCUT2D eigenvalue weighted by Gasteiger charge is 2.67. The molecule has 2 aromatic carbocycles. The Kier molecular flexibility index (Phi) is 5.28. The smallest absolute Gasteiger partial charge is 0.270 e. The lowest BCUT2D eigenvalue weighted by Crippen LogP contribution is -2.46. The zero-order valence-corrected chi connectivity index (χ0v) is 20.1. The minimum absolute atomic E-state index is 0.144. The van der Waals surface area contributed by atoms with Gasteiger partial charge in [-0.1, -0.05) is 56.3 Å². The number of benzene rings is 2. The number of rotatable bonds is 7. The minimum Gasteiger partial charge on any atom is -0.367 e. The molecule has 7 rings (SSSR count). The molecule has 2 unspecified atom stereocenters. The van der Waals surface area contributed by atoms with Crippen LogP contribution in [0.5, 0.6) is 0 Å². The van der Waals surface area contributed by atoms with Crippen LogP contribution in [0, 0.1) is 41.4 Å². The second-order valence-electron chi connectivity index (χ2n) is 10.9. The molecule has 1 N–H and O–H groups in total. The van der Waals surface area contributed by atoms with Gasteiger partial charge in [0.15, 0.2) is 0 Å². The molecule has 5 aliphatic rings. The molecule has 6 heteroatoms. The van der Waals surface area contributed by atoms with Crippen LogP contribution in [0.3, 0.4) is 0 Å². The molecule has 1 saturated heterocycles. The lowest BCUT2D eigenvalue weighted by Gasteiger charge is -2.37. The summed E-state index contributed by atoms with van der Waals surface area (Å²) in [5, 5.41) is 1.00. The van der Waals surface area contributed by atoms with Gasteiger partial charge in [0.1, 0.15) is 0 Å². The molecule has 6 atom stereocenters. The largest absolute Gasteiger partial charge is 0.367 e. The molecule has 2 bridgehead atoms. The summed E-state index contributed by atoms with van der Waals surface area (Å²) in [4.78, 5) is 41.5. The van der Waals surface area contributed by atoms with Crippen molar-refractivity contribution in [3.63, 3.8) is 0 Å². The van der Waals surface area contributed by atoms with Gasteiger partial charge in [-0.05, 0) is 65.8 Å². The van der Waals surface area contributed by atoms with Crippen molar-refractivity contribution >= 4 is 23.4 Å². The lowest BCUT2D eigenvalue weighted by atomic mass is 9.63. The molecule has 2 saturated carbocycles. The Bertz CT molecular complexity index is 1150. The first-order valence-corrected chi connectivity index (χ1v) is 12.7. The van der Waals surface area contributed by atoms with E-state index in [1.165, 1.54) is 0 Å². The molecule has 0 aromatic heterocycles. The number of hydrogen-bond donors (Lipinski definition) is 1. The van der Waals surface area contributed by atoms with Crippen molar-refractivity contribution in [1.29, 1.82) is 0 Å². The van der Waals surface area contributed by atoms with Crippen molar-refractivity contribution in [3.8, 4) is 0 Å². The van der Waals surface area contributed by atoms with Crippen LogP contribution in [0.1, 0.15) is 36.2 Å². The number of nitrogens with one attached hydrogen (secondary N) is 1. The van der Waals surface area contributed by atoms with Crippen LogP contribution in [-0.2, 0) is 16.1 Å². The van der Waals surface area contributed by atoms with Gasteiger partial charge in [-0.2, -0.15) is 5.01 Å². The normalized spacial score (nSPS) is 29.9. The van der Waals surface area contributed by atoms with E-state index in [0.717, 1.165) is 35.8 Å². The van der Waals surface area contributed by atoms with Crippen LogP contribution in [0.2, 0.25) is 0 Å². The van der Waals surface area contributed by atoms with Crippen molar-refractivity contribution in [3.05, 3.63) is 77.9 Å². The number of nitrogens with zero attached hydrogens (tertiary/aromatic N) is 2. The maximum atomic E-state index is 13.1. The monoisotopic (exact) mass is 469 g/mol. The van der Waals surface area contributed by atoms with E-state index >= 15 is 0 Å². The fourth-order valence-corrected chi connectivity index (χ4v) is 6.56. The Balaban J connectivity index is 1.13. The van der Waals surface area contributed by atoms with Gasteiger partial charge in [0, 0.05) is 24.3 Å². The predicted octanol–water partition coefficient (Wildman–Crippen LogP) is 4.05. The molecule has 1 heterocycles. The molecule has 35 heavy (non-hydrogen) atoms. The average molecular weight is 470 g/mol. The maximum Gasteiger partial charge on any atom is 0.270 e. The summed E-state index contributed by atoms with van der Waals surface area (Å²) >= 11 is 0. The van der Waals surface area contributed by atoms with Gasteiger partial charge in [0.05, 0.1) is 11.8 Å². The van der Waals surface area contributed by atoms with E-state index in [1.54, 1.807) is 12.1 Å². The Morgan fingerprint density at radius 1 is 0.943 bits per heavy atom. The number of carbonyl (C=O) groups excluding carboxylic acids is 3. The quantitative estimate of drug-likeness (QED) is 0.491. The second kappa shape index (κ2) is 8.36. The van der Waals surface area contributed by atoms with E-state index in [4.69, 9.17) is 0 Å². The van der Waals surface area contributed by atoms with Crippen molar-refractivity contribution in [2.75, 3.05) is 11.4 Å².